The molecule has 0 aromatic carbocycles. The summed E-state index contributed by atoms with van der Waals surface area (Å²) in [6.07, 6.45) is 0. The summed E-state index contributed by atoms with van der Waals surface area (Å²) < 4.78 is 0. The first-order valence-electron chi connectivity index (χ1n) is 3.39. The van der Waals surface area contributed by atoms with E-state index in [4.69, 9.17) is 5.11 Å². The maximum atomic E-state index is 7.57. The van der Waals surface area contributed by atoms with Crippen molar-refractivity contribution in [2.24, 2.45) is 4.99 Å². The lowest BCUT2D eigenvalue weighted by atomic mass is 10.9. The molecule has 0 saturated carbocycles. The molecule has 0 heterocycles. The third-order valence-electron chi connectivity index (χ3n) is 0.668. The lowest BCUT2D eigenvalue weighted by Crippen LogP contribution is -1.81. The van der Waals surface area contributed by atoms with Crippen molar-refractivity contribution in [3.8, 4) is 0 Å². The summed E-state index contributed by atoms with van der Waals surface area (Å²) in [5, 5.41) is 8.74. The number of hydrogen-bond donors (Lipinski definition) is 1. The molecular weight excluding hydrogens is 146 g/mol. The van der Waals surface area contributed by atoms with E-state index in [1.807, 2.05) is 14.0 Å². The molecule has 0 aliphatic carbocycles. The summed E-state index contributed by atoms with van der Waals surface area (Å²) in [7, 11) is 1.82. The van der Waals surface area contributed by atoms with Gasteiger partial charge in [0.15, 0.2) is 0 Å². The van der Waals surface area contributed by atoms with Gasteiger partial charge in [0.1, 0.15) is 0 Å². The average Bonchev–Trinajstić information content (AvgIpc) is 1.90. The van der Waals surface area contributed by atoms with Crippen LogP contribution in [0.15, 0.2) is 4.99 Å². The van der Waals surface area contributed by atoms with Crippen LogP contribution in [-0.4, -0.2) is 29.6 Å². The fourth-order valence-electron chi connectivity index (χ4n) is 0.273. The number of rotatable bonds is 1. The second kappa shape index (κ2) is 11.7. The Bertz CT molecular complexity index is 83.7. The third-order valence-corrected chi connectivity index (χ3v) is 1.56. The van der Waals surface area contributed by atoms with Crippen molar-refractivity contribution in [2.75, 3.05) is 19.4 Å². The minimum absolute atomic E-state index is 0.250. The van der Waals surface area contributed by atoms with Gasteiger partial charge in [-0.05, 0) is 19.6 Å². The van der Waals surface area contributed by atoms with Gasteiger partial charge in [-0.25, -0.2) is 0 Å². The number of hydrogen-bond acceptors (Lipinski definition) is 3. The Morgan fingerprint density at radius 1 is 1.50 bits per heavy atom. The first kappa shape index (κ1) is 12.6. The van der Waals surface area contributed by atoms with Gasteiger partial charge in [0.05, 0.1) is 5.04 Å². The van der Waals surface area contributed by atoms with Gasteiger partial charge >= 0.3 is 0 Å². The summed E-state index contributed by atoms with van der Waals surface area (Å²) in [6, 6.07) is 0. The molecule has 0 bridgehead atoms. The van der Waals surface area contributed by atoms with Crippen molar-refractivity contribution in [3.63, 3.8) is 0 Å². The summed E-state index contributed by atoms with van der Waals surface area (Å²) in [4.78, 5) is 3.96. The van der Waals surface area contributed by atoms with Crippen molar-refractivity contribution in [2.45, 2.75) is 20.8 Å². The van der Waals surface area contributed by atoms with Crippen LogP contribution in [0.2, 0.25) is 0 Å². The first-order chi connectivity index (χ1) is 4.72. The van der Waals surface area contributed by atoms with Crippen LogP contribution in [-0.2, 0) is 0 Å². The Morgan fingerprint density at radius 3 is 2.00 bits per heavy atom. The van der Waals surface area contributed by atoms with Crippen LogP contribution >= 0.6 is 11.8 Å². The van der Waals surface area contributed by atoms with Gasteiger partial charge in [0, 0.05) is 13.7 Å². The monoisotopic (exact) mass is 163 g/mol. The van der Waals surface area contributed by atoms with Crippen molar-refractivity contribution in [3.05, 3.63) is 0 Å². The summed E-state index contributed by atoms with van der Waals surface area (Å²) >= 11 is 1.78. The van der Waals surface area contributed by atoms with E-state index in [0.29, 0.717) is 0 Å². The maximum absolute atomic E-state index is 7.57. The Balaban J connectivity index is 0. The lowest BCUT2D eigenvalue weighted by Gasteiger charge is -1.89. The van der Waals surface area contributed by atoms with Crippen LogP contribution in [0, 0.1) is 0 Å². The predicted octanol–water partition coefficient (Wildman–Crippen LogP) is 1.79. The highest BCUT2D eigenvalue weighted by molar-refractivity contribution is 8.13. The quantitative estimate of drug-likeness (QED) is 0.472. The minimum atomic E-state index is 0.250. The number of aliphatic imine (C=N–C) groups is 1. The van der Waals surface area contributed by atoms with Crippen molar-refractivity contribution < 1.29 is 5.11 Å². The van der Waals surface area contributed by atoms with Crippen molar-refractivity contribution in [1.82, 2.24) is 0 Å². The van der Waals surface area contributed by atoms with E-state index in [9.17, 15) is 0 Å². The predicted molar refractivity (Wildman–Crippen MR) is 49.9 cm³/mol. The Hall–Kier alpha value is -0.0200. The van der Waals surface area contributed by atoms with Gasteiger partial charge < -0.3 is 5.11 Å². The molecule has 1 N–H and O–H groups in total. The Kier molecular flexibility index (Phi) is 14.8. The highest BCUT2D eigenvalue weighted by atomic mass is 32.2. The highest BCUT2D eigenvalue weighted by Crippen LogP contribution is 1.99. The third kappa shape index (κ3) is 15.7. The van der Waals surface area contributed by atoms with Crippen molar-refractivity contribution >= 4 is 16.8 Å². The molecule has 3 heteroatoms. The van der Waals surface area contributed by atoms with Crippen molar-refractivity contribution in [1.29, 1.82) is 0 Å². The molecule has 0 aliphatic heterocycles. The second-order valence-corrected chi connectivity index (χ2v) is 2.95. The largest absolute Gasteiger partial charge is 0.397 e. The summed E-state index contributed by atoms with van der Waals surface area (Å²) in [5.74, 6) is 1.13. The van der Waals surface area contributed by atoms with E-state index < -0.39 is 0 Å². The number of thioether (sulfide) groups is 1. The SMILES string of the molecule is CCO.CCSC(C)=NC. The molecule has 0 unspecified atom stereocenters. The average molecular weight is 163 g/mol. The highest BCUT2D eigenvalue weighted by Gasteiger charge is 1.81. The molecule has 0 amide bonds. The molecule has 10 heavy (non-hydrogen) atoms. The maximum Gasteiger partial charge on any atom is 0.0641 e. The number of nitrogens with zero attached hydrogens (tertiary/aromatic N) is 1. The van der Waals surface area contributed by atoms with Crippen LogP contribution in [0.1, 0.15) is 20.8 Å². The Morgan fingerprint density at radius 2 is 1.90 bits per heavy atom. The molecule has 0 atom stereocenters. The molecule has 0 aliphatic rings. The summed E-state index contributed by atoms with van der Waals surface area (Å²) in [6.45, 7) is 6.08. The van der Waals surface area contributed by atoms with Crippen LogP contribution in [0.4, 0.5) is 0 Å². The molecule has 0 aromatic heterocycles. The molecule has 0 saturated heterocycles. The van der Waals surface area contributed by atoms with E-state index in [0.717, 1.165) is 5.75 Å². The van der Waals surface area contributed by atoms with Gasteiger partial charge in [-0.2, -0.15) is 0 Å². The van der Waals surface area contributed by atoms with Gasteiger partial charge in [-0.15, -0.1) is 11.8 Å². The van der Waals surface area contributed by atoms with Gasteiger partial charge in [-0.1, -0.05) is 6.92 Å². The van der Waals surface area contributed by atoms with E-state index in [-0.39, 0.29) is 6.61 Å². The minimum Gasteiger partial charge on any atom is -0.397 e. The van der Waals surface area contributed by atoms with Crippen LogP contribution in [0.3, 0.4) is 0 Å². The lowest BCUT2D eigenvalue weighted by molar-refractivity contribution is 0.318. The zero-order valence-corrected chi connectivity index (χ0v) is 8.03. The van der Waals surface area contributed by atoms with Gasteiger partial charge in [-0.3, -0.25) is 4.99 Å². The zero-order chi connectivity index (χ0) is 8.41. The molecule has 0 spiro atoms. The second-order valence-electron chi connectivity index (χ2n) is 1.49. The van der Waals surface area contributed by atoms with Crippen LogP contribution < -0.4 is 0 Å². The fourth-order valence-corrected chi connectivity index (χ4v) is 0.820. The standard InChI is InChI=1S/C5H11NS.C2H6O/c1-4-7-5(2)6-3;1-2-3/h4H2,1-3H3;3H,2H2,1H3. The fraction of sp³-hybridized carbons (Fsp3) is 0.857. The first-order valence-corrected chi connectivity index (χ1v) is 4.38. The van der Waals surface area contributed by atoms with Crippen LogP contribution in [0.5, 0.6) is 0 Å². The summed E-state index contributed by atoms with van der Waals surface area (Å²) in [5.41, 5.74) is 0. The zero-order valence-electron chi connectivity index (χ0n) is 7.22. The van der Waals surface area contributed by atoms with E-state index in [1.165, 1.54) is 5.04 Å². The molecule has 62 valence electrons. The molecule has 0 rings (SSSR count). The number of aliphatic hydroxyl groups excluding tert-OH is 1. The molecule has 0 fully saturated rings. The van der Waals surface area contributed by atoms with E-state index in [2.05, 4.69) is 11.9 Å². The van der Waals surface area contributed by atoms with E-state index in [1.54, 1.807) is 18.7 Å². The normalized spacial score (nSPS) is 10.3. The molecule has 0 aromatic rings. The molecule has 0 radical (unpaired) electrons. The number of aliphatic hydroxyl groups is 1. The van der Waals surface area contributed by atoms with Crippen LogP contribution in [0.25, 0.3) is 0 Å². The van der Waals surface area contributed by atoms with Gasteiger partial charge in [0.25, 0.3) is 0 Å². The van der Waals surface area contributed by atoms with Gasteiger partial charge in [0.2, 0.25) is 0 Å². The Labute approximate surface area is 67.7 Å². The van der Waals surface area contributed by atoms with E-state index >= 15 is 0 Å². The smallest absolute Gasteiger partial charge is 0.0641 e. The topological polar surface area (TPSA) is 32.6 Å². The molecule has 2 nitrogen and oxygen atoms in total. The molecular formula is C7H17NOS.